The summed E-state index contributed by atoms with van der Waals surface area (Å²) in [6.45, 7) is 6.40. The van der Waals surface area contributed by atoms with E-state index in [1.165, 1.54) is 0 Å². The van der Waals surface area contributed by atoms with E-state index in [0.717, 1.165) is 18.7 Å². The Balaban J connectivity index is 0.00000147. The highest BCUT2D eigenvalue weighted by atomic mass is 35.5. The maximum Gasteiger partial charge on any atom is 0.239 e. The van der Waals surface area contributed by atoms with Gasteiger partial charge in [-0.15, -0.1) is 12.4 Å². The molecule has 0 bridgehead atoms. The van der Waals surface area contributed by atoms with Crippen LogP contribution < -0.4 is 5.73 Å². The smallest absolute Gasteiger partial charge is 0.239 e. The Kier molecular flexibility index (Phi) is 4.12. The second kappa shape index (κ2) is 5.38. The number of carbonyl (C=O) groups is 1. The molecular weight excluding hydrogens is 272 g/mol. The number of nitrogens with zero attached hydrogens (tertiary/aromatic N) is 1. The van der Waals surface area contributed by atoms with E-state index < -0.39 is 6.04 Å². The molecule has 2 aliphatic rings. The van der Waals surface area contributed by atoms with Gasteiger partial charge in [-0.2, -0.15) is 0 Å². The van der Waals surface area contributed by atoms with Gasteiger partial charge in [-0.25, -0.2) is 0 Å². The zero-order chi connectivity index (χ0) is 13.6. The molecule has 1 aromatic rings. The van der Waals surface area contributed by atoms with Gasteiger partial charge >= 0.3 is 0 Å². The average Bonchev–Trinajstić information content (AvgIpc) is 2.80. The van der Waals surface area contributed by atoms with Crippen molar-refractivity contribution in [2.75, 3.05) is 13.1 Å². The zero-order valence-corrected chi connectivity index (χ0v) is 12.9. The molecular formula is C16H23ClN2O. The van der Waals surface area contributed by atoms with Crippen molar-refractivity contribution < 1.29 is 4.79 Å². The summed E-state index contributed by atoms with van der Waals surface area (Å²) in [4.78, 5) is 14.3. The normalized spacial score (nSPS) is 27.4. The highest BCUT2D eigenvalue weighted by Gasteiger charge is 2.62. The molecule has 3 rings (SSSR count). The maximum atomic E-state index is 12.3. The standard InChI is InChI=1S/C16H22N2O.ClH/c1-16(2)12-9-18(10-13(12)16)15(19)14(17)8-11-6-4-3-5-7-11;/h3-7,12-14H,8-10,17H2,1-2H3;1H/t12?,13?,14-;/m0./s1. The largest absolute Gasteiger partial charge is 0.341 e. The number of carbonyl (C=O) groups excluding carboxylic acids is 1. The number of fused-ring (bicyclic) bond motifs is 1. The molecule has 4 heteroatoms. The molecule has 2 fully saturated rings. The number of hydrogen-bond acceptors (Lipinski definition) is 2. The van der Waals surface area contributed by atoms with Crippen LogP contribution in [0.5, 0.6) is 0 Å². The number of hydrogen-bond donors (Lipinski definition) is 1. The van der Waals surface area contributed by atoms with Gasteiger partial charge < -0.3 is 10.6 Å². The molecule has 0 radical (unpaired) electrons. The molecule has 1 aliphatic heterocycles. The lowest BCUT2D eigenvalue weighted by Crippen LogP contribution is -2.45. The van der Waals surface area contributed by atoms with E-state index >= 15 is 0 Å². The second-order valence-corrected chi connectivity index (χ2v) is 6.57. The molecule has 3 nitrogen and oxygen atoms in total. The van der Waals surface area contributed by atoms with Gasteiger partial charge in [0.2, 0.25) is 5.91 Å². The third-order valence-corrected chi connectivity index (χ3v) is 5.05. The van der Waals surface area contributed by atoms with Crippen LogP contribution in [0, 0.1) is 17.3 Å². The van der Waals surface area contributed by atoms with Gasteiger partial charge in [0.1, 0.15) is 0 Å². The summed E-state index contributed by atoms with van der Waals surface area (Å²) in [5, 5.41) is 0. The molecule has 3 atom stereocenters. The van der Waals surface area contributed by atoms with Gasteiger partial charge in [-0.1, -0.05) is 44.2 Å². The van der Waals surface area contributed by atoms with E-state index in [-0.39, 0.29) is 18.3 Å². The fourth-order valence-corrected chi connectivity index (χ4v) is 3.50. The minimum absolute atomic E-state index is 0. The summed E-state index contributed by atoms with van der Waals surface area (Å²) in [7, 11) is 0. The van der Waals surface area contributed by atoms with Crippen LogP contribution in [0.25, 0.3) is 0 Å². The van der Waals surface area contributed by atoms with Gasteiger partial charge in [0.25, 0.3) is 0 Å². The molecule has 1 amide bonds. The Hall–Kier alpha value is -1.06. The first-order valence-corrected chi connectivity index (χ1v) is 7.08. The fraction of sp³-hybridized carbons (Fsp3) is 0.562. The number of amides is 1. The van der Waals surface area contributed by atoms with E-state index in [2.05, 4.69) is 13.8 Å². The highest BCUT2D eigenvalue weighted by molar-refractivity contribution is 5.85. The zero-order valence-electron chi connectivity index (χ0n) is 12.1. The third-order valence-electron chi connectivity index (χ3n) is 5.05. The number of nitrogens with two attached hydrogens (primary N) is 1. The monoisotopic (exact) mass is 294 g/mol. The van der Waals surface area contributed by atoms with Crippen molar-refractivity contribution in [1.29, 1.82) is 0 Å². The van der Waals surface area contributed by atoms with Crippen molar-refractivity contribution >= 4 is 18.3 Å². The van der Waals surface area contributed by atoms with Crippen molar-refractivity contribution in [2.45, 2.75) is 26.3 Å². The molecule has 1 heterocycles. The average molecular weight is 295 g/mol. The van der Waals surface area contributed by atoms with E-state index in [1.807, 2.05) is 35.2 Å². The van der Waals surface area contributed by atoms with Crippen LogP contribution in [-0.4, -0.2) is 29.9 Å². The van der Waals surface area contributed by atoms with Crippen LogP contribution in [0.3, 0.4) is 0 Å². The first-order chi connectivity index (χ1) is 9.00. The van der Waals surface area contributed by atoms with E-state index in [9.17, 15) is 4.79 Å². The van der Waals surface area contributed by atoms with Crippen LogP contribution in [0.4, 0.5) is 0 Å². The molecule has 2 unspecified atom stereocenters. The molecule has 1 aromatic carbocycles. The van der Waals surface area contributed by atoms with Crippen molar-refractivity contribution in [2.24, 2.45) is 23.0 Å². The Bertz CT molecular complexity index is 475. The molecule has 2 N–H and O–H groups in total. The van der Waals surface area contributed by atoms with Crippen LogP contribution in [0.2, 0.25) is 0 Å². The van der Waals surface area contributed by atoms with Crippen LogP contribution >= 0.6 is 12.4 Å². The number of piperidine rings is 1. The lowest BCUT2D eigenvalue weighted by molar-refractivity contribution is -0.132. The van der Waals surface area contributed by atoms with E-state index in [4.69, 9.17) is 5.73 Å². The van der Waals surface area contributed by atoms with Crippen molar-refractivity contribution in [1.82, 2.24) is 4.90 Å². The van der Waals surface area contributed by atoms with Crippen molar-refractivity contribution in [3.8, 4) is 0 Å². The minimum atomic E-state index is -0.400. The number of benzene rings is 1. The number of halogens is 1. The lowest BCUT2D eigenvalue weighted by Gasteiger charge is -2.25. The van der Waals surface area contributed by atoms with Crippen molar-refractivity contribution in [3.63, 3.8) is 0 Å². The molecule has 0 aromatic heterocycles. The fourth-order valence-electron chi connectivity index (χ4n) is 3.50. The second-order valence-electron chi connectivity index (χ2n) is 6.57. The Morgan fingerprint density at radius 3 is 2.40 bits per heavy atom. The summed E-state index contributed by atoms with van der Waals surface area (Å²) in [5.74, 6) is 1.51. The predicted octanol–water partition coefficient (Wildman–Crippen LogP) is 2.09. The Morgan fingerprint density at radius 1 is 1.30 bits per heavy atom. The predicted molar refractivity (Wildman–Crippen MR) is 82.7 cm³/mol. The Morgan fingerprint density at radius 2 is 1.85 bits per heavy atom. The SMILES string of the molecule is CC1(C)C2CN(C(=O)[C@@H](N)Cc3ccccc3)CC21.Cl. The summed E-state index contributed by atoms with van der Waals surface area (Å²) in [6, 6.07) is 9.60. The summed E-state index contributed by atoms with van der Waals surface area (Å²) < 4.78 is 0. The molecule has 0 spiro atoms. The molecule has 1 saturated carbocycles. The third kappa shape index (κ3) is 2.57. The molecule has 20 heavy (non-hydrogen) atoms. The van der Waals surface area contributed by atoms with Crippen LogP contribution in [0.1, 0.15) is 19.4 Å². The van der Waals surface area contributed by atoms with Gasteiger partial charge in [0.15, 0.2) is 0 Å². The van der Waals surface area contributed by atoms with Gasteiger partial charge in [-0.05, 0) is 29.2 Å². The maximum absolute atomic E-state index is 12.3. The Labute approximate surface area is 126 Å². The van der Waals surface area contributed by atoms with Crippen LogP contribution in [0.15, 0.2) is 30.3 Å². The van der Waals surface area contributed by atoms with Crippen molar-refractivity contribution in [3.05, 3.63) is 35.9 Å². The molecule has 1 saturated heterocycles. The van der Waals surface area contributed by atoms with Gasteiger partial charge in [0, 0.05) is 13.1 Å². The van der Waals surface area contributed by atoms with Gasteiger partial charge in [0.05, 0.1) is 6.04 Å². The highest BCUT2D eigenvalue weighted by Crippen LogP contribution is 2.61. The first-order valence-electron chi connectivity index (χ1n) is 7.08. The molecule has 110 valence electrons. The molecule has 1 aliphatic carbocycles. The quantitative estimate of drug-likeness (QED) is 0.928. The van der Waals surface area contributed by atoms with E-state index in [1.54, 1.807) is 0 Å². The van der Waals surface area contributed by atoms with Crippen LogP contribution in [-0.2, 0) is 11.2 Å². The van der Waals surface area contributed by atoms with E-state index in [0.29, 0.717) is 23.7 Å². The number of likely N-dealkylation sites (tertiary alicyclic amines) is 1. The first kappa shape index (κ1) is 15.3. The minimum Gasteiger partial charge on any atom is -0.341 e. The summed E-state index contributed by atoms with van der Waals surface area (Å²) in [5.41, 5.74) is 7.64. The summed E-state index contributed by atoms with van der Waals surface area (Å²) in [6.07, 6.45) is 0.634. The topological polar surface area (TPSA) is 46.3 Å². The number of rotatable bonds is 3. The lowest BCUT2D eigenvalue weighted by atomic mass is 10.0. The summed E-state index contributed by atoms with van der Waals surface area (Å²) >= 11 is 0. The van der Waals surface area contributed by atoms with Gasteiger partial charge in [-0.3, -0.25) is 4.79 Å².